The number of carbonyl (C=O) groups is 5. The molecule has 0 spiro atoms. The molecule has 0 aliphatic rings. The molecule has 0 heterocycles. The molecule has 200 valence electrons. The van der Waals surface area contributed by atoms with Gasteiger partial charge in [0.2, 0.25) is 17.7 Å². The van der Waals surface area contributed by atoms with Gasteiger partial charge in [-0.3, -0.25) is 24.2 Å². The Morgan fingerprint density at radius 2 is 1.51 bits per heavy atom. The van der Waals surface area contributed by atoms with Gasteiger partial charge in [0.15, 0.2) is 5.96 Å². The van der Waals surface area contributed by atoms with E-state index in [1.54, 1.807) is 13.8 Å². The SMILES string of the molecule is CCC(C)C(NC(=O)C(N)CCCN=C(N)N)C(=O)NC(CCC(=O)O)C(=O)NC(CO)C(=O)O. The standard InChI is InChI=1S/C20H37N7O8/c1-3-10(2)15(27-16(31)11(21)5-4-8-24-20(22)23)18(33)25-12(6-7-14(29)30)17(32)26-13(9-28)19(34)35/h10-13,15,28H,3-9,21H2,1-2H3,(H,25,33)(H,26,32)(H,27,31)(H,29,30)(H,34,35)(H4,22,23,24). The van der Waals surface area contributed by atoms with Gasteiger partial charge in [-0.15, -0.1) is 0 Å². The quantitative estimate of drug-likeness (QED) is 0.0541. The van der Waals surface area contributed by atoms with Crippen LogP contribution in [-0.4, -0.2) is 88.3 Å². The van der Waals surface area contributed by atoms with Crippen molar-refractivity contribution < 1.29 is 39.3 Å². The van der Waals surface area contributed by atoms with Gasteiger partial charge in [-0.25, -0.2) is 4.79 Å². The summed E-state index contributed by atoms with van der Waals surface area (Å²) in [7, 11) is 0. The van der Waals surface area contributed by atoms with E-state index < -0.39 is 66.9 Å². The molecule has 35 heavy (non-hydrogen) atoms. The topological polar surface area (TPSA) is 273 Å². The number of aliphatic hydroxyl groups is 1. The fourth-order valence-corrected chi connectivity index (χ4v) is 2.87. The van der Waals surface area contributed by atoms with E-state index in [0.717, 1.165) is 0 Å². The second-order valence-electron chi connectivity index (χ2n) is 8.00. The number of aliphatic imine (C=N–C) groups is 1. The molecule has 0 aromatic rings. The number of rotatable bonds is 17. The maximum atomic E-state index is 13.0. The summed E-state index contributed by atoms with van der Waals surface area (Å²) in [4.78, 5) is 63.9. The average Bonchev–Trinajstić information content (AvgIpc) is 2.79. The lowest BCUT2D eigenvalue weighted by Gasteiger charge is -2.27. The summed E-state index contributed by atoms with van der Waals surface area (Å²) in [5.74, 6) is -5.62. The third-order valence-corrected chi connectivity index (χ3v) is 5.17. The molecule has 3 amide bonds. The van der Waals surface area contributed by atoms with Crippen molar-refractivity contribution in [3.05, 3.63) is 0 Å². The summed E-state index contributed by atoms with van der Waals surface area (Å²) >= 11 is 0. The van der Waals surface area contributed by atoms with E-state index in [2.05, 4.69) is 15.6 Å². The Bertz CT molecular complexity index is 773. The number of hydrogen-bond donors (Lipinski definition) is 9. The summed E-state index contributed by atoms with van der Waals surface area (Å²) < 4.78 is 0. The largest absolute Gasteiger partial charge is 0.481 e. The molecule has 0 radical (unpaired) electrons. The van der Waals surface area contributed by atoms with E-state index in [-0.39, 0.29) is 31.3 Å². The highest BCUT2D eigenvalue weighted by molar-refractivity contribution is 5.94. The van der Waals surface area contributed by atoms with Crippen molar-refractivity contribution in [1.82, 2.24) is 16.0 Å². The highest BCUT2D eigenvalue weighted by Gasteiger charge is 2.32. The van der Waals surface area contributed by atoms with E-state index >= 15 is 0 Å². The molecule has 0 fully saturated rings. The molecule has 15 nitrogen and oxygen atoms in total. The number of hydrogen-bond acceptors (Lipinski definition) is 8. The van der Waals surface area contributed by atoms with Gasteiger partial charge < -0.3 is 48.5 Å². The molecule has 0 aromatic carbocycles. The Balaban J connectivity index is 5.42. The number of carboxylic acid groups (broad SMARTS) is 2. The van der Waals surface area contributed by atoms with Gasteiger partial charge in [-0.1, -0.05) is 20.3 Å². The number of carboxylic acids is 2. The zero-order valence-electron chi connectivity index (χ0n) is 19.9. The van der Waals surface area contributed by atoms with Crippen LogP contribution in [-0.2, 0) is 24.0 Å². The molecule has 0 saturated heterocycles. The van der Waals surface area contributed by atoms with Gasteiger partial charge in [0.25, 0.3) is 0 Å². The van der Waals surface area contributed by atoms with Crippen LogP contribution in [0.25, 0.3) is 0 Å². The number of guanidine groups is 1. The Kier molecular flexibility index (Phi) is 14.6. The van der Waals surface area contributed by atoms with Gasteiger partial charge in [0.05, 0.1) is 12.6 Å². The minimum absolute atomic E-state index is 0.0910. The Hall–Kier alpha value is -3.46. The molecule has 5 unspecified atom stereocenters. The summed E-state index contributed by atoms with van der Waals surface area (Å²) in [6, 6.07) is -5.14. The fourth-order valence-electron chi connectivity index (χ4n) is 2.87. The predicted octanol–water partition coefficient (Wildman–Crippen LogP) is -3.19. The average molecular weight is 504 g/mol. The highest BCUT2D eigenvalue weighted by atomic mass is 16.4. The maximum absolute atomic E-state index is 13.0. The first-order chi connectivity index (χ1) is 16.3. The van der Waals surface area contributed by atoms with E-state index in [9.17, 15) is 24.0 Å². The van der Waals surface area contributed by atoms with Gasteiger partial charge in [-0.2, -0.15) is 0 Å². The first kappa shape index (κ1) is 31.5. The zero-order chi connectivity index (χ0) is 27.1. The maximum Gasteiger partial charge on any atom is 0.328 e. The van der Waals surface area contributed by atoms with E-state index in [0.29, 0.717) is 12.8 Å². The van der Waals surface area contributed by atoms with Crippen molar-refractivity contribution >= 4 is 35.6 Å². The number of nitrogens with two attached hydrogens (primary N) is 3. The molecule has 0 rings (SSSR count). The van der Waals surface area contributed by atoms with E-state index in [1.807, 2.05) is 5.32 Å². The van der Waals surface area contributed by atoms with Crippen LogP contribution >= 0.6 is 0 Å². The van der Waals surface area contributed by atoms with Crippen LogP contribution in [0.2, 0.25) is 0 Å². The number of aliphatic carboxylic acids is 2. The lowest BCUT2D eigenvalue weighted by Crippen LogP contribution is -2.59. The summed E-state index contributed by atoms with van der Waals surface area (Å²) in [6.45, 7) is 2.82. The van der Waals surface area contributed by atoms with Crippen LogP contribution in [0.5, 0.6) is 0 Å². The minimum Gasteiger partial charge on any atom is -0.481 e. The zero-order valence-corrected chi connectivity index (χ0v) is 19.9. The normalized spacial score (nSPS) is 15.0. The first-order valence-corrected chi connectivity index (χ1v) is 11.1. The second-order valence-corrected chi connectivity index (χ2v) is 8.00. The van der Waals surface area contributed by atoms with Gasteiger partial charge in [0.1, 0.15) is 18.1 Å². The molecule has 12 N–H and O–H groups in total. The third kappa shape index (κ3) is 12.5. The molecule has 0 saturated carbocycles. The van der Waals surface area contributed by atoms with Crippen molar-refractivity contribution in [1.29, 1.82) is 0 Å². The van der Waals surface area contributed by atoms with Crippen molar-refractivity contribution in [2.45, 2.75) is 70.1 Å². The smallest absolute Gasteiger partial charge is 0.328 e. The summed E-state index contributed by atoms with van der Waals surface area (Å²) in [6.07, 6.45) is 0.265. The first-order valence-electron chi connectivity index (χ1n) is 11.1. The monoisotopic (exact) mass is 503 g/mol. The lowest BCUT2D eigenvalue weighted by molar-refractivity contribution is -0.144. The minimum atomic E-state index is -1.64. The van der Waals surface area contributed by atoms with Gasteiger partial charge >= 0.3 is 11.9 Å². The van der Waals surface area contributed by atoms with Crippen LogP contribution < -0.4 is 33.2 Å². The van der Waals surface area contributed by atoms with Crippen molar-refractivity contribution in [3.63, 3.8) is 0 Å². The van der Waals surface area contributed by atoms with Crippen molar-refractivity contribution in [2.75, 3.05) is 13.2 Å². The third-order valence-electron chi connectivity index (χ3n) is 5.17. The summed E-state index contributed by atoms with van der Waals surface area (Å²) in [5.41, 5.74) is 16.4. The van der Waals surface area contributed by atoms with Gasteiger partial charge in [0, 0.05) is 13.0 Å². The second kappa shape index (κ2) is 16.2. The molecule has 0 aliphatic heterocycles. The molecule has 0 aliphatic carbocycles. The van der Waals surface area contributed by atoms with E-state index in [1.165, 1.54) is 0 Å². The molecule has 15 heteroatoms. The Morgan fingerprint density at radius 3 is 2.00 bits per heavy atom. The molecular formula is C20H37N7O8. The van der Waals surface area contributed by atoms with Crippen LogP contribution in [0, 0.1) is 5.92 Å². The van der Waals surface area contributed by atoms with Crippen LogP contribution in [0.1, 0.15) is 46.0 Å². The number of carbonyl (C=O) groups excluding carboxylic acids is 3. The molecule has 0 bridgehead atoms. The number of amides is 3. The van der Waals surface area contributed by atoms with Crippen molar-refractivity contribution in [3.8, 4) is 0 Å². The Labute approximate surface area is 202 Å². The van der Waals surface area contributed by atoms with Crippen LogP contribution in [0.4, 0.5) is 0 Å². The van der Waals surface area contributed by atoms with E-state index in [4.69, 9.17) is 32.5 Å². The number of aliphatic hydroxyl groups excluding tert-OH is 1. The molecule has 5 atom stereocenters. The van der Waals surface area contributed by atoms with Crippen molar-refractivity contribution in [2.24, 2.45) is 28.1 Å². The molecular weight excluding hydrogens is 466 g/mol. The van der Waals surface area contributed by atoms with Crippen LogP contribution in [0.3, 0.4) is 0 Å². The lowest BCUT2D eigenvalue weighted by atomic mass is 9.97. The van der Waals surface area contributed by atoms with Crippen LogP contribution in [0.15, 0.2) is 4.99 Å². The molecule has 0 aromatic heterocycles. The summed E-state index contributed by atoms with van der Waals surface area (Å²) in [5, 5.41) is 34.1. The Morgan fingerprint density at radius 1 is 0.914 bits per heavy atom. The fraction of sp³-hybridized carbons (Fsp3) is 0.700. The predicted molar refractivity (Wildman–Crippen MR) is 125 cm³/mol. The highest BCUT2D eigenvalue weighted by Crippen LogP contribution is 2.10. The number of nitrogens with one attached hydrogen (secondary N) is 3. The van der Waals surface area contributed by atoms with Gasteiger partial charge in [-0.05, 0) is 25.2 Å². The number of nitrogens with zero attached hydrogens (tertiary/aromatic N) is 1.